The number of thiophene rings is 1. The van der Waals surface area contributed by atoms with Crippen LogP contribution in [0.5, 0.6) is 5.75 Å². The van der Waals surface area contributed by atoms with E-state index in [0.717, 1.165) is 0 Å². The van der Waals surface area contributed by atoms with Gasteiger partial charge in [-0.1, -0.05) is 23.5 Å². The molecule has 126 valence electrons. The van der Waals surface area contributed by atoms with Crippen LogP contribution in [0.2, 0.25) is 0 Å². The zero-order valence-electron chi connectivity index (χ0n) is 12.7. The molecule has 24 heavy (non-hydrogen) atoms. The second-order valence-electron chi connectivity index (χ2n) is 4.45. The van der Waals surface area contributed by atoms with E-state index in [1.807, 2.05) is 6.92 Å². The lowest BCUT2D eigenvalue weighted by atomic mass is 10.3. The summed E-state index contributed by atoms with van der Waals surface area (Å²) in [5, 5.41) is 13.0. The maximum atomic E-state index is 11.9. The first-order valence-electron chi connectivity index (χ1n) is 6.94. The molecule has 1 aromatic heterocycles. The summed E-state index contributed by atoms with van der Waals surface area (Å²) in [6, 6.07) is 9.36. The molecule has 1 N–H and O–H groups in total. The van der Waals surface area contributed by atoms with Gasteiger partial charge < -0.3 is 14.8 Å². The molecule has 0 saturated heterocycles. The van der Waals surface area contributed by atoms with Crippen LogP contribution in [-0.2, 0) is 9.53 Å². The van der Waals surface area contributed by atoms with Crippen molar-refractivity contribution in [1.29, 1.82) is 0 Å². The van der Waals surface area contributed by atoms with Gasteiger partial charge in [-0.3, -0.25) is 14.9 Å². The summed E-state index contributed by atoms with van der Waals surface area (Å²) < 4.78 is 10.2. The molecule has 1 aromatic carbocycles. The van der Waals surface area contributed by atoms with Gasteiger partial charge in [-0.2, -0.15) is 0 Å². The molecule has 0 aliphatic heterocycles. The SMILES string of the molecule is CCOc1ccccc1NC(=O)COC(=O)c1ccc([N+](=O)[O-])s1. The van der Waals surface area contributed by atoms with Crippen molar-refractivity contribution in [3.05, 3.63) is 51.4 Å². The number of benzene rings is 1. The highest BCUT2D eigenvalue weighted by Gasteiger charge is 2.17. The van der Waals surface area contributed by atoms with E-state index in [0.29, 0.717) is 29.4 Å². The highest BCUT2D eigenvalue weighted by molar-refractivity contribution is 7.17. The molecule has 2 aromatic rings. The molecule has 1 amide bonds. The number of carbonyl (C=O) groups is 2. The van der Waals surface area contributed by atoms with E-state index in [-0.39, 0.29) is 9.88 Å². The lowest BCUT2D eigenvalue weighted by molar-refractivity contribution is -0.380. The van der Waals surface area contributed by atoms with Crippen LogP contribution in [0.3, 0.4) is 0 Å². The maximum Gasteiger partial charge on any atom is 0.349 e. The Labute approximate surface area is 141 Å². The third-order valence-electron chi connectivity index (χ3n) is 2.77. The van der Waals surface area contributed by atoms with Crippen LogP contribution in [0.1, 0.15) is 16.6 Å². The van der Waals surface area contributed by atoms with Crippen molar-refractivity contribution in [1.82, 2.24) is 0 Å². The summed E-state index contributed by atoms with van der Waals surface area (Å²) in [5.74, 6) is -0.823. The van der Waals surface area contributed by atoms with Crippen molar-refractivity contribution in [2.45, 2.75) is 6.92 Å². The minimum atomic E-state index is -0.790. The molecule has 0 spiro atoms. The first-order valence-corrected chi connectivity index (χ1v) is 7.76. The van der Waals surface area contributed by atoms with Crippen LogP contribution < -0.4 is 10.1 Å². The number of hydrogen-bond acceptors (Lipinski definition) is 7. The van der Waals surface area contributed by atoms with Crippen molar-refractivity contribution >= 4 is 33.9 Å². The lowest BCUT2D eigenvalue weighted by Crippen LogP contribution is -2.21. The minimum Gasteiger partial charge on any atom is -0.492 e. The Morgan fingerprint density at radius 2 is 2.00 bits per heavy atom. The smallest absolute Gasteiger partial charge is 0.349 e. The zero-order valence-corrected chi connectivity index (χ0v) is 13.5. The number of nitrogens with zero attached hydrogens (tertiary/aromatic N) is 1. The number of ether oxygens (including phenoxy) is 2. The maximum absolute atomic E-state index is 11.9. The molecule has 1 heterocycles. The molecule has 2 rings (SSSR count). The van der Waals surface area contributed by atoms with Gasteiger partial charge in [-0.15, -0.1) is 0 Å². The van der Waals surface area contributed by atoms with Crippen molar-refractivity contribution < 1.29 is 24.0 Å². The number of esters is 1. The average molecular weight is 350 g/mol. The Morgan fingerprint density at radius 1 is 1.25 bits per heavy atom. The predicted octanol–water partition coefficient (Wildman–Crippen LogP) is 2.85. The summed E-state index contributed by atoms with van der Waals surface area (Å²) in [5.41, 5.74) is 0.465. The molecule has 0 aliphatic carbocycles. The highest BCUT2D eigenvalue weighted by atomic mass is 32.1. The number of carbonyl (C=O) groups excluding carboxylic acids is 2. The quantitative estimate of drug-likeness (QED) is 0.467. The standard InChI is InChI=1S/C15H14N2O6S/c1-2-22-11-6-4-3-5-10(11)16-13(18)9-23-15(19)12-7-8-14(24-12)17(20)21/h3-8H,2,9H2,1H3,(H,16,18). The molecule has 0 unspecified atom stereocenters. The van der Waals surface area contributed by atoms with Gasteiger partial charge in [0.15, 0.2) is 6.61 Å². The topological polar surface area (TPSA) is 108 Å². The summed E-state index contributed by atoms with van der Waals surface area (Å²) >= 11 is 0.688. The zero-order chi connectivity index (χ0) is 17.5. The van der Waals surface area contributed by atoms with Crippen LogP contribution in [0, 0.1) is 10.1 Å². The first kappa shape index (κ1) is 17.4. The van der Waals surface area contributed by atoms with E-state index in [1.165, 1.54) is 12.1 Å². The molecular formula is C15H14N2O6S. The molecule has 0 radical (unpaired) electrons. The molecular weight excluding hydrogens is 336 g/mol. The number of para-hydroxylation sites is 2. The van der Waals surface area contributed by atoms with Crippen LogP contribution in [-0.4, -0.2) is 30.0 Å². The van der Waals surface area contributed by atoms with Crippen molar-refractivity contribution in [2.24, 2.45) is 0 Å². The third kappa shape index (κ3) is 4.53. The second-order valence-corrected chi connectivity index (χ2v) is 5.51. The van der Waals surface area contributed by atoms with Gasteiger partial charge in [0.1, 0.15) is 10.6 Å². The van der Waals surface area contributed by atoms with Crippen LogP contribution in [0.4, 0.5) is 10.7 Å². The van der Waals surface area contributed by atoms with Crippen LogP contribution in [0.15, 0.2) is 36.4 Å². The summed E-state index contributed by atoms with van der Waals surface area (Å²) in [6.45, 7) is 1.75. The van der Waals surface area contributed by atoms with Crippen LogP contribution in [0.25, 0.3) is 0 Å². The summed E-state index contributed by atoms with van der Waals surface area (Å²) in [7, 11) is 0. The molecule has 0 atom stereocenters. The molecule has 0 bridgehead atoms. The molecule has 0 saturated carbocycles. The van der Waals surface area contributed by atoms with Gasteiger partial charge in [-0.25, -0.2) is 4.79 Å². The number of rotatable bonds is 7. The predicted molar refractivity (Wildman–Crippen MR) is 87.5 cm³/mol. The Bertz CT molecular complexity index is 758. The van der Waals surface area contributed by atoms with E-state index < -0.39 is 23.4 Å². The van der Waals surface area contributed by atoms with E-state index >= 15 is 0 Å². The van der Waals surface area contributed by atoms with E-state index in [4.69, 9.17) is 9.47 Å². The first-order chi connectivity index (χ1) is 11.5. The molecule has 9 heteroatoms. The van der Waals surface area contributed by atoms with Gasteiger partial charge in [0.25, 0.3) is 5.91 Å². The Hall–Kier alpha value is -2.94. The number of amides is 1. The third-order valence-corrected chi connectivity index (χ3v) is 3.79. The highest BCUT2D eigenvalue weighted by Crippen LogP contribution is 2.25. The van der Waals surface area contributed by atoms with Crippen LogP contribution >= 0.6 is 11.3 Å². The second kappa shape index (κ2) is 8.06. The van der Waals surface area contributed by atoms with Crippen molar-refractivity contribution in [2.75, 3.05) is 18.5 Å². The lowest BCUT2D eigenvalue weighted by Gasteiger charge is -2.11. The fourth-order valence-corrected chi connectivity index (χ4v) is 2.49. The average Bonchev–Trinajstić information content (AvgIpc) is 3.05. The summed E-state index contributed by atoms with van der Waals surface area (Å²) in [6.07, 6.45) is 0. The minimum absolute atomic E-state index is 0.0595. The largest absolute Gasteiger partial charge is 0.492 e. The molecule has 0 fully saturated rings. The Kier molecular flexibility index (Phi) is 5.85. The number of nitrogens with one attached hydrogen (secondary N) is 1. The monoisotopic (exact) mass is 350 g/mol. The Balaban J connectivity index is 1.91. The number of anilines is 1. The van der Waals surface area contributed by atoms with Gasteiger partial charge in [0, 0.05) is 6.07 Å². The normalized spacial score (nSPS) is 10.0. The van der Waals surface area contributed by atoms with Gasteiger partial charge >= 0.3 is 11.0 Å². The number of hydrogen-bond donors (Lipinski definition) is 1. The number of nitro groups is 1. The van der Waals surface area contributed by atoms with Gasteiger partial charge in [-0.05, 0) is 25.1 Å². The van der Waals surface area contributed by atoms with Crippen molar-refractivity contribution in [3.63, 3.8) is 0 Å². The fourth-order valence-electron chi connectivity index (χ4n) is 1.78. The van der Waals surface area contributed by atoms with E-state index in [1.54, 1.807) is 24.3 Å². The Morgan fingerprint density at radius 3 is 2.67 bits per heavy atom. The van der Waals surface area contributed by atoms with E-state index in [9.17, 15) is 19.7 Å². The van der Waals surface area contributed by atoms with Gasteiger partial charge in [0.05, 0.1) is 17.2 Å². The van der Waals surface area contributed by atoms with E-state index in [2.05, 4.69) is 5.32 Å². The molecule has 8 nitrogen and oxygen atoms in total. The summed E-state index contributed by atoms with van der Waals surface area (Å²) in [4.78, 5) is 33.7. The van der Waals surface area contributed by atoms with Crippen molar-refractivity contribution in [3.8, 4) is 5.75 Å². The molecule has 0 aliphatic rings. The fraction of sp³-hybridized carbons (Fsp3) is 0.200. The van der Waals surface area contributed by atoms with Gasteiger partial charge in [0.2, 0.25) is 0 Å².